The summed E-state index contributed by atoms with van der Waals surface area (Å²) < 4.78 is 6.30. The summed E-state index contributed by atoms with van der Waals surface area (Å²) in [4.78, 5) is 26.5. The monoisotopic (exact) mass is 393 g/mol. The third-order valence-corrected chi connectivity index (χ3v) is 5.65. The Kier molecular flexibility index (Phi) is 4.46. The Balaban J connectivity index is 1.54. The number of carbonyl (C=O) groups excluding carboxylic acids is 2. The Morgan fingerprint density at radius 1 is 0.833 bits per heavy atom. The lowest BCUT2D eigenvalue weighted by atomic mass is 9.81. The van der Waals surface area contributed by atoms with Gasteiger partial charge in [0.2, 0.25) is 0 Å². The van der Waals surface area contributed by atoms with Gasteiger partial charge in [0.15, 0.2) is 5.60 Å². The summed E-state index contributed by atoms with van der Waals surface area (Å²) in [5.41, 5.74) is 3.09. The molecular formula is C26H19NO3. The second kappa shape index (κ2) is 7.29. The van der Waals surface area contributed by atoms with Gasteiger partial charge in [-0.15, -0.1) is 0 Å². The molecule has 3 aromatic carbocycles. The second-order valence-corrected chi connectivity index (χ2v) is 7.35. The SMILES string of the molecule is O=C1c2ccccc2C(=O)N1CC#C[C@]1(c2ccccc2)OCCc2ccccc21. The molecule has 0 unspecified atom stereocenters. The van der Waals surface area contributed by atoms with Crippen molar-refractivity contribution in [1.29, 1.82) is 0 Å². The van der Waals surface area contributed by atoms with Crippen LogP contribution in [0.2, 0.25) is 0 Å². The first-order valence-electron chi connectivity index (χ1n) is 9.94. The van der Waals surface area contributed by atoms with Crippen molar-refractivity contribution >= 4 is 11.8 Å². The zero-order valence-electron chi connectivity index (χ0n) is 16.3. The van der Waals surface area contributed by atoms with Crippen LogP contribution in [0.5, 0.6) is 0 Å². The lowest BCUT2D eigenvalue weighted by molar-refractivity contribution is 0.0159. The van der Waals surface area contributed by atoms with Crippen LogP contribution in [0.3, 0.4) is 0 Å². The fourth-order valence-corrected chi connectivity index (χ4v) is 4.19. The summed E-state index contributed by atoms with van der Waals surface area (Å²) in [5, 5.41) is 0. The van der Waals surface area contributed by atoms with Crippen molar-refractivity contribution in [3.05, 3.63) is 107 Å². The van der Waals surface area contributed by atoms with Gasteiger partial charge in [0, 0.05) is 11.1 Å². The molecule has 0 spiro atoms. The molecule has 0 saturated heterocycles. The number of hydrogen-bond acceptors (Lipinski definition) is 3. The van der Waals surface area contributed by atoms with Crippen LogP contribution in [-0.4, -0.2) is 29.9 Å². The van der Waals surface area contributed by atoms with E-state index < -0.39 is 5.60 Å². The van der Waals surface area contributed by atoms with Crippen LogP contribution in [0.15, 0.2) is 78.9 Å². The molecule has 5 rings (SSSR count). The molecule has 1 atom stereocenters. The van der Waals surface area contributed by atoms with Crippen molar-refractivity contribution in [2.24, 2.45) is 0 Å². The highest BCUT2D eigenvalue weighted by atomic mass is 16.5. The maximum Gasteiger partial charge on any atom is 0.262 e. The van der Waals surface area contributed by atoms with Crippen LogP contribution in [-0.2, 0) is 16.8 Å². The standard InChI is InChI=1S/C26H19NO3/c28-24-21-12-5-6-13-22(21)25(29)27(24)17-8-16-26(20-10-2-1-3-11-20)23-14-7-4-9-19(23)15-18-30-26/h1-7,9-14H,15,17-18H2/t26-/m1/s1. The summed E-state index contributed by atoms with van der Waals surface area (Å²) in [6.07, 6.45) is 0.824. The normalized spacial score (nSPS) is 19.7. The third-order valence-electron chi connectivity index (χ3n) is 5.65. The van der Waals surface area contributed by atoms with Gasteiger partial charge in [-0.25, -0.2) is 0 Å². The van der Waals surface area contributed by atoms with E-state index in [0.29, 0.717) is 17.7 Å². The largest absolute Gasteiger partial charge is 0.353 e. The Morgan fingerprint density at radius 2 is 1.47 bits per heavy atom. The van der Waals surface area contributed by atoms with E-state index in [1.807, 2.05) is 48.5 Å². The van der Waals surface area contributed by atoms with Crippen molar-refractivity contribution in [3.8, 4) is 11.8 Å². The average molecular weight is 393 g/mol. The minimum Gasteiger partial charge on any atom is -0.353 e. The Hall–Kier alpha value is -3.68. The number of hydrogen-bond donors (Lipinski definition) is 0. The third kappa shape index (κ3) is 2.83. The number of benzene rings is 3. The van der Waals surface area contributed by atoms with E-state index in [1.165, 1.54) is 10.5 Å². The molecule has 4 heteroatoms. The summed E-state index contributed by atoms with van der Waals surface area (Å²) in [5.74, 6) is 5.76. The number of nitrogens with zero attached hydrogens (tertiary/aromatic N) is 1. The predicted molar refractivity (Wildman–Crippen MR) is 113 cm³/mol. The zero-order valence-corrected chi connectivity index (χ0v) is 16.3. The first-order valence-corrected chi connectivity index (χ1v) is 9.94. The highest BCUT2D eigenvalue weighted by Crippen LogP contribution is 2.38. The van der Waals surface area contributed by atoms with Crippen LogP contribution in [0.25, 0.3) is 0 Å². The van der Waals surface area contributed by atoms with Crippen molar-refractivity contribution in [1.82, 2.24) is 4.90 Å². The van der Waals surface area contributed by atoms with Crippen molar-refractivity contribution in [3.63, 3.8) is 0 Å². The smallest absolute Gasteiger partial charge is 0.262 e. The fraction of sp³-hybridized carbons (Fsp3) is 0.154. The summed E-state index contributed by atoms with van der Waals surface area (Å²) >= 11 is 0. The number of rotatable bonds is 2. The number of carbonyl (C=O) groups is 2. The van der Waals surface area contributed by atoms with Crippen molar-refractivity contribution in [2.75, 3.05) is 13.2 Å². The van der Waals surface area contributed by atoms with E-state index in [4.69, 9.17) is 4.74 Å². The quantitative estimate of drug-likeness (QED) is 0.491. The summed E-state index contributed by atoms with van der Waals surface area (Å²) in [7, 11) is 0. The van der Waals surface area contributed by atoms with Crippen molar-refractivity contribution < 1.29 is 14.3 Å². The van der Waals surface area contributed by atoms with Gasteiger partial charge in [-0.05, 0) is 24.1 Å². The van der Waals surface area contributed by atoms with E-state index in [1.54, 1.807) is 24.3 Å². The van der Waals surface area contributed by atoms with E-state index in [9.17, 15) is 9.59 Å². The van der Waals surface area contributed by atoms with Crippen LogP contribution in [0, 0.1) is 11.8 Å². The number of fused-ring (bicyclic) bond motifs is 2. The molecule has 0 bridgehead atoms. The summed E-state index contributed by atoms with van der Waals surface area (Å²) in [6.45, 7) is 0.570. The minimum absolute atomic E-state index is 0.0203. The molecule has 2 aliphatic rings. The Morgan fingerprint density at radius 3 is 2.20 bits per heavy atom. The molecule has 0 radical (unpaired) electrons. The molecule has 0 aromatic heterocycles. The molecule has 4 nitrogen and oxygen atoms in total. The fourth-order valence-electron chi connectivity index (χ4n) is 4.19. The van der Waals surface area contributed by atoms with Gasteiger partial charge in [-0.3, -0.25) is 14.5 Å². The van der Waals surface area contributed by atoms with Gasteiger partial charge in [0.1, 0.15) is 0 Å². The van der Waals surface area contributed by atoms with Gasteiger partial charge in [0.05, 0.1) is 24.3 Å². The molecular weight excluding hydrogens is 374 g/mol. The van der Waals surface area contributed by atoms with Crippen LogP contribution in [0.4, 0.5) is 0 Å². The summed E-state index contributed by atoms with van der Waals surface area (Å²) in [6, 6.07) is 24.9. The molecule has 2 amide bonds. The molecule has 0 aliphatic carbocycles. The molecule has 30 heavy (non-hydrogen) atoms. The maximum atomic E-state index is 12.6. The van der Waals surface area contributed by atoms with Gasteiger partial charge >= 0.3 is 0 Å². The molecule has 2 aliphatic heterocycles. The van der Waals surface area contributed by atoms with Gasteiger partial charge in [-0.1, -0.05) is 78.6 Å². The highest BCUT2D eigenvalue weighted by molar-refractivity contribution is 6.21. The van der Waals surface area contributed by atoms with E-state index in [0.717, 1.165) is 17.5 Å². The van der Waals surface area contributed by atoms with E-state index >= 15 is 0 Å². The highest BCUT2D eigenvalue weighted by Gasteiger charge is 2.39. The minimum atomic E-state index is -0.922. The Bertz CT molecular complexity index is 1170. The van der Waals surface area contributed by atoms with Crippen molar-refractivity contribution in [2.45, 2.75) is 12.0 Å². The molecule has 3 aromatic rings. The topological polar surface area (TPSA) is 46.6 Å². The zero-order chi connectivity index (χ0) is 20.6. The van der Waals surface area contributed by atoms with Crippen LogP contribution >= 0.6 is 0 Å². The first-order chi connectivity index (χ1) is 14.7. The first kappa shape index (κ1) is 18.4. The average Bonchev–Trinajstić information content (AvgIpc) is 3.05. The van der Waals surface area contributed by atoms with Gasteiger partial charge < -0.3 is 4.74 Å². The number of amides is 2. The predicted octanol–water partition coefficient (Wildman–Crippen LogP) is 3.80. The number of imide groups is 1. The van der Waals surface area contributed by atoms with Gasteiger partial charge in [-0.2, -0.15) is 0 Å². The molecule has 0 N–H and O–H groups in total. The molecule has 0 saturated carbocycles. The second-order valence-electron chi connectivity index (χ2n) is 7.35. The van der Waals surface area contributed by atoms with Crippen LogP contribution < -0.4 is 0 Å². The Labute approximate surface area is 175 Å². The van der Waals surface area contributed by atoms with Crippen LogP contribution in [0.1, 0.15) is 37.4 Å². The van der Waals surface area contributed by atoms with Gasteiger partial charge in [0.25, 0.3) is 11.8 Å². The van der Waals surface area contributed by atoms with E-state index in [-0.39, 0.29) is 18.4 Å². The molecule has 2 heterocycles. The molecule has 0 fully saturated rings. The van der Waals surface area contributed by atoms with E-state index in [2.05, 4.69) is 17.9 Å². The lowest BCUT2D eigenvalue weighted by Crippen LogP contribution is -2.36. The number of ether oxygens (including phenoxy) is 1. The molecule has 146 valence electrons. The lowest BCUT2D eigenvalue weighted by Gasteiger charge is -2.35. The maximum absolute atomic E-state index is 12.6.